The molecule has 0 aliphatic carbocycles. The summed E-state index contributed by atoms with van der Waals surface area (Å²) in [5.74, 6) is 0. The van der Waals surface area contributed by atoms with Gasteiger partial charge >= 0.3 is 0 Å². The van der Waals surface area contributed by atoms with Crippen molar-refractivity contribution in [3.05, 3.63) is 63.8 Å². The minimum Gasteiger partial charge on any atom is -0.388 e. The molecule has 0 spiro atoms. The lowest BCUT2D eigenvalue weighted by atomic mass is 10.1. The summed E-state index contributed by atoms with van der Waals surface area (Å²) in [4.78, 5) is 17.9. The van der Waals surface area contributed by atoms with E-state index in [-0.39, 0.29) is 12.0 Å². The fourth-order valence-electron chi connectivity index (χ4n) is 1.63. The van der Waals surface area contributed by atoms with Gasteiger partial charge in [-0.2, -0.15) is 5.26 Å². The summed E-state index contributed by atoms with van der Waals surface area (Å²) in [6, 6.07) is 8.30. The number of aliphatic hydroxyl groups is 1. The molecule has 0 amide bonds. The number of pyridine rings is 2. The molecular weight excluding hydrogens is 230 g/mol. The number of nitrogens with zero attached hydrogens (tertiary/aromatic N) is 2. The second-order valence-corrected chi connectivity index (χ2v) is 3.84. The van der Waals surface area contributed by atoms with E-state index in [0.717, 1.165) is 5.56 Å². The SMILES string of the molecule is N#Cc1ccc(CC(O)c2ccncc2)[nH]c1=O. The lowest BCUT2D eigenvalue weighted by Crippen LogP contribution is -2.14. The quantitative estimate of drug-likeness (QED) is 0.836. The molecule has 18 heavy (non-hydrogen) atoms. The van der Waals surface area contributed by atoms with Crippen molar-refractivity contribution in [2.75, 3.05) is 0 Å². The summed E-state index contributed by atoms with van der Waals surface area (Å²) >= 11 is 0. The molecule has 90 valence electrons. The predicted octanol–water partition coefficient (Wildman–Crippen LogP) is 0.918. The summed E-state index contributed by atoms with van der Waals surface area (Å²) in [7, 11) is 0. The average molecular weight is 241 g/mol. The van der Waals surface area contributed by atoms with E-state index in [1.54, 1.807) is 36.7 Å². The van der Waals surface area contributed by atoms with Crippen LogP contribution >= 0.6 is 0 Å². The summed E-state index contributed by atoms with van der Waals surface area (Å²) in [6.45, 7) is 0. The zero-order valence-corrected chi connectivity index (χ0v) is 9.50. The van der Waals surface area contributed by atoms with Crippen LogP contribution in [0.4, 0.5) is 0 Å². The number of nitrogens with one attached hydrogen (secondary N) is 1. The number of hydrogen-bond acceptors (Lipinski definition) is 4. The fraction of sp³-hybridized carbons (Fsp3) is 0.154. The van der Waals surface area contributed by atoms with Crippen LogP contribution in [0.5, 0.6) is 0 Å². The second-order valence-electron chi connectivity index (χ2n) is 3.84. The largest absolute Gasteiger partial charge is 0.388 e. The van der Waals surface area contributed by atoms with Crippen molar-refractivity contribution in [3.8, 4) is 6.07 Å². The number of aliphatic hydroxyl groups excluding tert-OH is 1. The zero-order chi connectivity index (χ0) is 13.0. The van der Waals surface area contributed by atoms with E-state index in [9.17, 15) is 9.90 Å². The standard InChI is InChI=1S/C13H11N3O2/c14-8-10-1-2-11(16-13(10)18)7-12(17)9-3-5-15-6-4-9/h1-6,12,17H,7H2,(H,16,18). The molecule has 1 atom stereocenters. The van der Waals surface area contributed by atoms with Gasteiger partial charge in [0.2, 0.25) is 0 Å². The molecule has 0 radical (unpaired) electrons. The van der Waals surface area contributed by atoms with Gasteiger partial charge in [0.25, 0.3) is 5.56 Å². The van der Waals surface area contributed by atoms with Gasteiger partial charge in [-0.3, -0.25) is 9.78 Å². The van der Waals surface area contributed by atoms with Crippen LogP contribution in [0.15, 0.2) is 41.5 Å². The highest BCUT2D eigenvalue weighted by Crippen LogP contribution is 2.15. The molecule has 0 aliphatic heterocycles. The minimum absolute atomic E-state index is 0.0668. The number of aromatic amines is 1. The van der Waals surface area contributed by atoms with E-state index in [4.69, 9.17) is 5.26 Å². The van der Waals surface area contributed by atoms with E-state index in [1.807, 2.05) is 0 Å². The van der Waals surface area contributed by atoms with Crippen LogP contribution in [0.2, 0.25) is 0 Å². The average Bonchev–Trinajstić information content (AvgIpc) is 2.40. The Morgan fingerprint density at radius 2 is 2.06 bits per heavy atom. The smallest absolute Gasteiger partial charge is 0.266 e. The zero-order valence-electron chi connectivity index (χ0n) is 9.50. The number of rotatable bonds is 3. The van der Waals surface area contributed by atoms with E-state index in [0.29, 0.717) is 5.69 Å². The molecule has 0 aliphatic rings. The van der Waals surface area contributed by atoms with E-state index in [1.165, 1.54) is 6.07 Å². The molecule has 0 bridgehead atoms. The number of nitriles is 1. The van der Waals surface area contributed by atoms with Crippen molar-refractivity contribution >= 4 is 0 Å². The normalized spacial score (nSPS) is 11.8. The van der Waals surface area contributed by atoms with E-state index < -0.39 is 11.7 Å². The van der Waals surface area contributed by atoms with Crippen molar-refractivity contribution in [1.29, 1.82) is 5.26 Å². The Morgan fingerprint density at radius 3 is 2.67 bits per heavy atom. The fourth-order valence-corrected chi connectivity index (χ4v) is 1.63. The predicted molar refractivity (Wildman–Crippen MR) is 64.7 cm³/mol. The van der Waals surface area contributed by atoms with Gasteiger partial charge in [0.05, 0.1) is 6.10 Å². The van der Waals surface area contributed by atoms with Crippen molar-refractivity contribution in [2.24, 2.45) is 0 Å². The lowest BCUT2D eigenvalue weighted by Gasteiger charge is -2.10. The summed E-state index contributed by atoms with van der Waals surface area (Å²) in [6.07, 6.45) is 2.77. The number of hydrogen-bond donors (Lipinski definition) is 2. The molecule has 2 rings (SSSR count). The monoisotopic (exact) mass is 241 g/mol. The van der Waals surface area contributed by atoms with Gasteiger partial charge in [-0.1, -0.05) is 0 Å². The molecular formula is C13H11N3O2. The van der Waals surface area contributed by atoms with Gasteiger partial charge in [-0.15, -0.1) is 0 Å². The van der Waals surface area contributed by atoms with Crippen LogP contribution in [0, 0.1) is 11.3 Å². The molecule has 0 saturated carbocycles. The number of H-pyrrole nitrogens is 1. The molecule has 2 N–H and O–H groups in total. The van der Waals surface area contributed by atoms with Crippen molar-refractivity contribution in [3.63, 3.8) is 0 Å². The maximum atomic E-state index is 11.4. The van der Waals surface area contributed by atoms with Crippen LogP contribution in [0.25, 0.3) is 0 Å². The Balaban J connectivity index is 2.18. The third-order valence-electron chi connectivity index (χ3n) is 2.59. The summed E-state index contributed by atoms with van der Waals surface area (Å²) in [5.41, 5.74) is 0.951. The Morgan fingerprint density at radius 1 is 1.33 bits per heavy atom. The molecule has 2 aromatic heterocycles. The minimum atomic E-state index is -0.711. The molecule has 2 aromatic rings. The molecule has 1 unspecified atom stereocenters. The van der Waals surface area contributed by atoms with Crippen LogP contribution in [-0.4, -0.2) is 15.1 Å². The third kappa shape index (κ3) is 2.62. The first-order chi connectivity index (χ1) is 8.70. The Hall–Kier alpha value is -2.45. The van der Waals surface area contributed by atoms with Crippen molar-refractivity contribution < 1.29 is 5.11 Å². The molecule has 5 nitrogen and oxygen atoms in total. The Bertz CT molecular complexity index is 629. The lowest BCUT2D eigenvalue weighted by molar-refractivity contribution is 0.177. The van der Waals surface area contributed by atoms with Crippen LogP contribution in [0.3, 0.4) is 0 Å². The molecule has 0 aromatic carbocycles. The Kier molecular flexibility index (Phi) is 3.51. The van der Waals surface area contributed by atoms with Gasteiger partial charge < -0.3 is 10.1 Å². The summed E-state index contributed by atoms with van der Waals surface area (Å²) < 4.78 is 0. The van der Waals surface area contributed by atoms with Crippen molar-refractivity contribution in [2.45, 2.75) is 12.5 Å². The van der Waals surface area contributed by atoms with E-state index in [2.05, 4.69) is 9.97 Å². The molecule has 0 saturated heterocycles. The van der Waals surface area contributed by atoms with Gasteiger partial charge in [-0.05, 0) is 29.8 Å². The highest BCUT2D eigenvalue weighted by molar-refractivity contribution is 5.27. The van der Waals surface area contributed by atoms with Crippen LogP contribution < -0.4 is 5.56 Å². The maximum Gasteiger partial charge on any atom is 0.266 e. The molecule has 5 heteroatoms. The highest BCUT2D eigenvalue weighted by atomic mass is 16.3. The topological polar surface area (TPSA) is 89.8 Å². The number of aromatic nitrogens is 2. The van der Waals surface area contributed by atoms with Crippen LogP contribution in [0.1, 0.15) is 22.9 Å². The first-order valence-corrected chi connectivity index (χ1v) is 5.41. The van der Waals surface area contributed by atoms with Gasteiger partial charge in [0, 0.05) is 24.5 Å². The third-order valence-corrected chi connectivity index (χ3v) is 2.59. The highest BCUT2D eigenvalue weighted by Gasteiger charge is 2.09. The molecule has 0 fully saturated rings. The second kappa shape index (κ2) is 5.25. The maximum absolute atomic E-state index is 11.4. The van der Waals surface area contributed by atoms with Gasteiger partial charge in [0.15, 0.2) is 0 Å². The van der Waals surface area contributed by atoms with Gasteiger partial charge in [0.1, 0.15) is 11.6 Å². The first kappa shape index (κ1) is 12.0. The Labute approximate surface area is 103 Å². The first-order valence-electron chi connectivity index (χ1n) is 5.41. The van der Waals surface area contributed by atoms with Crippen LogP contribution in [-0.2, 0) is 6.42 Å². The summed E-state index contributed by atoms with van der Waals surface area (Å²) in [5, 5.41) is 18.6. The van der Waals surface area contributed by atoms with Gasteiger partial charge in [-0.25, -0.2) is 0 Å². The van der Waals surface area contributed by atoms with Crippen molar-refractivity contribution in [1.82, 2.24) is 9.97 Å². The van der Waals surface area contributed by atoms with E-state index >= 15 is 0 Å². The molecule has 2 heterocycles.